The van der Waals surface area contributed by atoms with Crippen LogP contribution < -0.4 is 20.9 Å². The number of nitrogen functional groups attached to an aromatic ring is 1. The van der Waals surface area contributed by atoms with E-state index < -0.39 is 9.84 Å². The first-order valence-corrected chi connectivity index (χ1v) is 10.8. The van der Waals surface area contributed by atoms with Crippen LogP contribution >= 0.6 is 0 Å². The molecule has 2 aromatic rings. The molecule has 28 heavy (non-hydrogen) atoms. The van der Waals surface area contributed by atoms with Gasteiger partial charge in [0.15, 0.2) is 15.7 Å². The maximum absolute atomic E-state index is 12.4. The summed E-state index contributed by atoms with van der Waals surface area (Å²) in [5.41, 5.74) is 7.27. The maximum atomic E-state index is 12.4. The predicted octanol–water partition coefficient (Wildman–Crippen LogP) is 1.79. The lowest BCUT2D eigenvalue weighted by atomic mass is 10.2. The van der Waals surface area contributed by atoms with Crippen molar-refractivity contribution < 1.29 is 13.2 Å². The van der Waals surface area contributed by atoms with Gasteiger partial charge >= 0.3 is 0 Å². The molecule has 3 rings (SSSR count). The van der Waals surface area contributed by atoms with Gasteiger partial charge in [-0.2, -0.15) is 4.98 Å². The summed E-state index contributed by atoms with van der Waals surface area (Å²) in [5, 5.41) is 3.01. The van der Waals surface area contributed by atoms with E-state index in [2.05, 4.69) is 15.3 Å². The van der Waals surface area contributed by atoms with Crippen LogP contribution in [0.2, 0.25) is 0 Å². The molecule has 0 aliphatic carbocycles. The van der Waals surface area contributed by atoms with E-state index in [4.69, 9.17) is 5.73 Å². The van der Waals surface area contributed by atoms with Crippen LogP contribution in [0.4, 0.5) is 28.8 Å². The van der Waals surface area contributed by atoms with Crippen LogP contribution in [0.25, 0.3) is 0 Å². The fourth-order valence-corrected chi connectivity index (χ4v) is 3.77. The number of hydrogen-bond donors (Lipinski definition) is 2. The Bertz CT molecular complexity index is 1020. The largest absolute Gasteiger partial charge is 0.399 e. The molecule has 0 unspecified atom stereocenters. The van der Waals surface area contributed by atoms with E-state index in [9.17, 15) is 13.2 Å². The molecule has 1 aromatic carbocycles. The zero-order chi connectivity index (χ0) is 20.6. The zero-order valence-electron chi connectivity index (χ0n) is 16.3. The standard InChI is InChI=1S/C18H24N6O3S/c1-5-23-15-9-20-18(22-17(15)24(11(2)3)10-16(23)25)21-13-6-12(19)7-14(8-13)28(4,26)27/h6-9,11H,5,10,19H2,1-4H3,(H,20,21,22). The van der Waals surface area contributed by atoms with Gasteiger partial charge in [-0.3, -0.25) is 4.79 Å². The third-order valence-corrected chi connectivity index (χ3v) is 5.56. The number of nitrogens with zero attached hydrogens (tertiary/aromatic N) is 4. The monoisotopic (exact) mass is 404 g/mol. The Morgan fingerprint density at radius 2 is 2.00 bits per heavy atom. The number of amides is 1. The fourth-order valence-electron chi connectivity index (χ4n) is 3.08. The van der Waals surface area contributed by atoms with Crippen molar-refractivity contribution in [2.24, 2.45) is 0 Å². The molecule has 0 fully saturated rings. The number of likely N-dealkylation sites (N-methyl/N-ethyl adjacent to an activating group) is 1. The minimum atomic E-state index is -3.40. The van der Waals surface area contributed by atoms with Crippen LogP contribution in [0.5, 0.6) is 0 Å². The van der Waals surface area contributed by atoms with Crippen LogP contribution in [0.1, 0.15) is 20.8 Å². The average molecular weight is 404 g/mol. The smallest absolute Gasteiger partial charge is 0.246 e. The topological polar surface area (TPSA) is 122 Å². The highest BCUT2D eigenvalue weighted by Gasteiger charge is 2.31. The first-order chi connectivity index (χ1) is 13.1. The predicted molar refractivity (Wildman–Crippen MR) is 110 cm³/mol. The van der Waals surface area contributed by atoms with E-state index in [0.29, 0.717) is 35.4 Å². The molecule has 3 N–H and O–H groups in total. The highest BCUT2D eigenvalue weighted by molar-refractivity contribution is 7.90. The Hall–Kier alpha value is -2.88. The van der Waals surface area contributed by atoms with Crippen LogP contribution in [0.15, 0.2) is 29.3 Å². The highest BCUT2D eigenvalue weighted by Crippen LogP contribution is 2.33. The number of aromatic nitrogens is 2. The molecule has 0 bridgehead atoms. The summed E-state index contributed by atoms with van der Waals surface area (Å²) in [4.78, 5) is 25.0. The summed E-state index contributed by atoms with van der Waals surface area (Å²) in [6.45, 7) is 6.65. The minimum absolute atomic E-state index is 0.00152. The molecule has 150 valence electrons. The van der Waals surface area contributed by atoms with Crippen molar-refractivity contribution >= 4 is 44.6 Å². The molecule has 0 spiro atoms. The Kier molecular flexibility index (Phi) is 5.16. The number of anilines is 5. The van der Waals surface area contributed by atoms with Crippen molar-refractivity contribution in [3.8, 4) is 0 Å². The first-order valence-electron chi connectivity index (χ1n) is 8.92. The van der Waals surface area contributed by atoms with Gasteiger partial charge in [0.2, 0.25) is 11.9 Å². The van der Waals surface area contributed by atoms with E-state index >= 15 is 0 Å². The lowest BCUT2D eigenvalue weighted by Gasteiger charge is -2.37. The summed E-state index contributed by atoms with van der Waals surface area (Å²) >= 11 is 0. The summed E-state index contributed by atoms with van der Waals surface area (Å²) < 4.78 is 23.7. The quantitative estimate of drug-likeness (QED) is 0.724. The molecule has 0 radical (unpaired) electrons. The number of hydrogen-bond acceptors (Lipinski definition) is 8. The van der Waals surface area contributed by atoms with Crippen molar-refractivity contribution in [1.82, 2.24) is 9.97 Å². The van der Waals surface area contributed by atoms with Gasteiger partial charge < -0.3 is 20.9 Å². The number of nitrogens with two attached hydrogens (primary N) is 1. The number of sulfone groups is 1. The van der Waals surface area contributed by atoms with E-state index in [1.807, 2.05) is 25.7 Å². The van der Waals surface area contributed by atoms with Crippen molar-refractivity contribution in [3.05, 3.63) is 24.4 Å². The molecule has 9 nitrogen and oxygen atoms in total. The van der Waals surface area contributed by atoms with Crippen LogP contribution in [0, 0.1) is 0 Å². The zero-order valence-corrected chi connectivity index (χ0v) is 17.1. The normalized spacial score (nSPS) is 14.4. The van der Waals surface area contributed by atoms with E-state index in [1.54, 1.807) is 17.2 Å². The third kappa shape index (κ3) is 3.86. The van der Waals surface area contributed by atoms with E-state index in [0.717, 1.165) is 6.26 Å². The van der Waals surface area contributed by atoms with Gasteiger partial charge in [-0.15, -0.1) is 0 Å². The van der Waals surface area contributed by atoms with E-state index in [1.165, 1.54) is 12.1 Å². The molecule has 1 aliphatic heterocycles. The molecule has 0 saturated heterocycles. The molecule has 1 aromatic heterocycles. The molecular weight excluding hydrogens is 380 g/mol. The molecule has 1 aliphatic rings. The molecular formula is C18H24N6O3S. The van der Waals surface area contributed by atoms with Gasteiger partial charge in [0.25, 0.3) is 0 Å². The summed E-state index contributed by atoms with van der Waals surface area (Å²) in [7, 11) is -3.40. The van der Waals surface area contributed by atoms with Gasteiger partial charge in [-0.05, 0) is 39.0 Å². The van der Waals surface area contributed by atoms with E-state index in [-0.39, 0.29) is 23.4 Å². The molecule has 10 heteroatoms. The highest BCUT2D eigenvalue weighted by atomic mass is 32.2. The average Bonchev–Trinajstić information content (AvgIpc) is 2.60. The van der Waals surface area contributed by atoms with Crippen molar-refractivity contribution in [3.63, 3.8) is 0 Å². The Morgan fingerprint density at radius 3 is 2.61 bits per heavy atom. The fraction of sp³-hybridized carbons (Fsp3) is 0.389. The lowest BCUT2D eigenvalue weighted by molar-refractivity contribution is -0.117. The Morgan fingerprint density at radius 1 is 1.29 bits per heavy atom. The SMILES string of the molecule is CCN1C(=O)CN(C(C)C)c2nc(Nc3cc(N)cc(S(C)(=O)=O)c3)ncc21. The molecule has 2 heterocycles. The van der Waals surface area contributed by atoms with Crippen LogP contribution in [0.3, 0.4) is 0 Å². The number of rotatable bonds is 5. The number of nitrogens with one attached hydrogen (secondary N) is 1. The number of carbonyl (C=O) groups is 1. The van der Waals surface area contributed by atoms with Gasteiger partial charge in [0.1, 0.15) is 5.69 Å². The second kappa shape index (κ2) is 7.27. The summed E-state index contributed by atoms with van der Waals surface area (Å²) in [6.07, 6.45) is 2.72. The molecule has 1 amide bonds. The van der Waals surface area contributed by atoms with Crippen LogP contribution in [-0.4, -0.2) is 49.7 Å². The summed E-state index contributed by atoms with van der Waals surface area (Å²) in [6, 6.07) is 4.57. The Labute approximate surface area is 164 Å². The number of carbonyl (C=O) groups excluding carboxylic acids is 1. The second-order valence-electron chi connectivity index (χ2n) is 6.95. The minimum Gasteiger partial charge on any atom is -0.399 e. The van der Waals surface area contributed by atoms with Crippen molar-refractivity contribution in [2.75, 3.05) is 40.2 Å². The van der Waals surface area contributed by atoms with Gasteiger partial charge in [-0.25, -0.2) is 13.4 Å². The number of fused-ring (bicyclic) bond motifs is 1. The number of benzene rings is 1. The maximum Gasteiger partial charge on any atom is 0.246 e. The third-order valence-electron chi connectivity index (χ3n) is 4.47. The lowest BCUT2D eigenvalue weighted by Crippen LogP contribution is -2.48. The first kappa shape index (κ1) is 19.9. The van der Waals surface area contributed by atoms with Gasteiger partial charge in [0.05, 0.1) is 17.6 Å². The molecule has 0 saturated carbocycles. The van der Waals surface area contributed by atoms with Crippen LogP contribution in [-0.2, 0) is 14.6 Å². The second-order valence-corrected chi connectivity index (χ2v) is 8.97. The van der Waals surface area contributed by atoms with Crippen molar-refractivity contribution in [2.45, 2.75) is 31.7 Å². The van der Waals surface area contributed by atoms with Gasteiger partial charge in [-0.1, -0.05) is 0 Å². The van der Waals surface area contributed by atoms with Crippen molar-refractivity contribution in [1.29, 1.82) is 0 Å². The van der Waals surface area contributed by atoms with Gasteiger partial charge in [0, 0.05) is 30.2 Å². The molecule has 0 atom stereocenters. The Balaban J connectivity index is 2.01. The summed E-state index contributed by atoms with van der Waals surface area (Å²) in [5.74, 6) is 0.947.